The molecule has 0 spiro atoms. The maximum atomic E-state index is 12.3. The lowest BCUT2D eigenvalue weighted by Gasteiger charge is -2.18. The van der Waals surface area contributed by atoms with Gasteiger partial charge in [0, 0.05) is 24.7 Å². The number of benzene rings is 1. The molecule has 3 nitrogen and oxygen atoms in total. The van der Waals surface area contributed by atoms with Gasteiger partial charge in [-0.15, -0.1) is 23.7 Å². The molecule has 3 rings (SSSR count). The van der Waals surface area contributed by atoms with Crippen LogP contribution in [-0.4, -0.2) is 30.9 Å². The molecular weight excluding hydrogens is 316 g/mol. The zero-order valence-electron chi connectivity index (χ0n) is 12.9. The minimum atomic E-state index is 0. The molecule has 0 radical (unpaired) electrons. The quantitative estimate of drug-likeness (QED) is 0.902. The van der Waals surface area contributed by atoms with Crippen molar-refractivity contribution in [2.45, 2.75) is 25.8 Å². The standard InChI is InChI=1S/C17H22N2OS.ClH/c1-19(17(20)7-6-13-8-9-18-10-13)11-14-12-21-16-5-3-2-4-15(14)16;/h2-5,12-13,18H,6-11H2,1H3;1H. The van der Waals surface area contributed by atoms with Crippen molar-refractivity contribution < 1.29 is 4.79 Å². The van der Waals surface area contributed by atoms with Crippen LogP contribution in [0.4, 0.5) is 0 Å². The van der Waals surface area contributed by atoms with Crippen LogP contribution in [0, 0.1) is 5.92 Å². The first-order valence-corrected chi connectivity index (χ1v) is 8.52. The van der Waals surface area contributed by atoms with Crippen LogP contribution >= 0.6 is 23.7 Å². The van der Waals surface area contributed by atoms with Crippen LogP contribution in [0.3, 0.4) is 0 Å². The van der Waals surface area contributed by atoms with Gasteiger partial charge in [-0.25, -0.2) is 0 Å². The van der Waals surface area contributed by atoms with E-state index < -0.39 is 0 Å². The van der Waals surface area contributed by atoms with Gasteiger partial charge in [0.1, 0.15) is 0 Å². The van der Waals surface area contributed by atoms with Crippen molar-refractivity contribution in [2.75, 3.05) is 20.1 Å². The van der Waals surface area contributed by atoms with Crippen molar-refractivity contribution in [3.63, 3.8) is 0 Å². The van der Waals surface area contributed by atoms with E-state index in [0.29, 0.717) is 18.9 Å². The van der Waals surface area contributed by atoms with Gasteiger partial charge in [0.25, 0.3) is 0 Å². The van der Waals surface area contributed by atoms with E-state index in [2.05, 4.69) is 35.0 Å². The summed E-state index contributed by atoms with van der Waals surface area (Å²) in [6.07, 6.45) is 2.90. The van der Waals surface area contributed by atoms with E-state index in [1.807, 2.05) is 11.9 Å². The number of nitrogens with zero attached hydrogens (tertiary/aromatic N) is 1. The molecule has 0 bridgehead atoms. The molecule has 5 heteroatoms. The van der Waals surface area contributed by atoms with Gasteiger partial charge in [0.05, 0.1) is 0 Å². The van der Waals surface area contributed by atoms with Crippen molar-refractivity contribution >= 4 is 39.7 Å². The molecule has 1 atom stereocenters. The summed E-state index contributed by atoms with van der Waals surface area (Å²) in [5.74, 6) is 0.946. The molecule has 0 saturated carbocycles. The van der Waals surface area contributed by atoms with Crippen molar-refractivity contribution in [1.82, 2.24) is 10.2 Å². The Labute approximate surface area is 142 Å². The van der Waals surface area contributed by atoms with Crippen LogP contribution in [0.5, 0.6) is 0 Å². The molecule has 1 N–H and O–H groups in total. The van der Waals surface area contributed by atoms with Crippen molar-refractivity contribution in [3.8, 4) is 0 Å². The number of hydrogen-bond donors (Lipinski definition) is 1. The Morgan fingerprint density at radius 1 is 1.41 bits per heavy atom. The smallest absolute Gasteiger partial charge is 0.222 e. The second-order valence-corrected chi connectivity index (χ2v) is 6.82. The number of carbonyl (C=O) groups is 1. The number of rotatable bonds is 5. The first-order valence-electron chi connectivity index (χ1n) is 7.64. The maximum absolute atomic E-state index is 12.3. The fourth-order valence-corrected chi connectivity index (χ4v) is 3.93. The van der Waals surface area contributed by atoms with Crippen molar-refractivity contribution in [1.29, 1.82) is 0 Å². The Morgan fingerprint density at radius 3 is 3.00 bits per heavy atom. The lowest BCUT2D eigenvalue weighted by molar-refractivity contribution is -0.130. The number of nitrogens with one attached hydrogen (secondary N) is 1. The summed E-state index contributed by atoms with van der Waals surface area (Å²) >= 11 is 1.76. The minimum Gasteiger partial charge on any atom is -0.341 e. The van der Waals surface area contributed by atoms with Gasteiger partial charge in [-0.05, 0) is 54.2 Å². The van der Waals surface area contributed by atoms with Crippen LogP contribution in [0.1, 0.15) is 24.8 Å². The Hall–Kier alpha value is -1.10. The van der Waals surface area contributed by atoms with E-state index >= 15 is 0 Å². The van der Waals surface area contributed by atoms with E-state index in [0.717, 1.165) is 19.5 Å². The summed E-state index contributed by atoms with van der Waals surface area (Å²) in [4.78, 5) is 14.1. The second-order valence-electron chi connectivity index (χ2n) is 5.90. The first-order chi connectivity index (χ1) is 10.2. The Kier molecular flexibility index (Phi) is 6.24. The number of carbonyl (C=O) groups excluding carboxylic acids is 1. The number of thiophene rings is 1. The molecule has 1 aliphatic rings. The molecule has 1 aliphatic heterocycles. The lowest BCUT2D eigenvalue weighted by Crippen LogP contribution is -2.26. The van der Waals surface area contributed by atoms with Crippen LogP contribution in [-0.2, 0) is 11.3 Å². The number of hydrogen-bond acceptors (Lipinski definition) is 3. The predicted molar refractivity (Wildman–Crippen MR) is 95.8 cm³/mol. The molecule has 0 aliphatic carbocycles. The Bertz CT molecular complexity index is 622. The molecule has 1 aromatic heterocycles. The van der Waals surface area contributed by atoms with Crippen LogP contribution in [0.25, 0.3) is 10.1 Å². The topological polar surface area (TPSA) is 32.3 Å². The second kappa shape index (κ2) is 7.95. The summed E-state index contributed by atoms with van der Waals surface area (Å²) in [6.45, 7) is 2.90. The van der Waals surface area contributed by atoms with Crippen LogP contribution in [0.2, 0.25) is 0 Å². The molecule has 120 valence electrons. The molecule has 1 fully saturated rings. The lowest BCUT2D eigenvalue weighted by atomic mass is 10.0. The summed E-state index contributed by atoms with van der Waals surface area (Å²) in [5.41, 5.74) is 1.26. The van der Waals surface area contributed by atoms with Crippen LogP contribution in [0.15, 0.2) is 29.6 Å². The third-order valence-corrected chi connectivity index (χ3v) is 5.34. The number of amides is 1. The highest BCUT2D eigenvalue weighted by molar-refractivity contribution is 7.17. The molecule has 2 aromatic rings. The highest BCUT2D eigenvalue weighted by Crippen LogP contribution is 2.26. The predicted octanol–water partition coefficient (Wildman–Crippen LogP) is 3.67. The maximum Gasteiger partial charge on any atom is 0.222 e. The Morgan fingerprint density at radius 2 is 2.23 bits per heavy atom. The fraction of sp³-hybridized carbons (Fsp3) is 0.471. The Balaban J connectivity index is 0.00000176. The molecular formula is C17H23ClN2OS. The molecule has 22 heavy (non-hydrogen) atoms. The molecule has 1 aromatic carbocycles. The fourth-order valence-electron chi connectivity index (χ4n) is 2.98. The van der Waals surface area contributed by atoms with Gasteiger partial charge < -0.3 is 10.2 Å². The largest absolute Gasteiger partial charge is 0.341 e. The molecule has 1 amide bonds. The van der Waals surface area contributed by atoms with E-state index in [1.165, 1.54) is 22.1 Å². The summed E-state index contributed by atoms with van der Waals surface area (Å²) in [7, 11) is 1.92. The molecule has 2 heterocycles. The number of halogens is 1. The van der Waals surface area contributed by atoms with Gasteiger partial charge in [-0.2, -0.15) is 0 Å². The summed E-state index contributed by atoms with van der Waals surface area (Å²) < 4.78 is 1.30. The molecule has 1 unspecified atom stereocenters. The zero-order chi connectivity index (χ0) is 14.7. The van der Waals surface area contributed by atoms with Crippen molar-refractivity contribution in [3.05, 3.63) is 35.2 Å². The number of fused-ring (bicyclic) bond motifs is 1. The summed E-state index contributed by atoms with van der Waals surface area (Å²) in [6, 6.07) is 8.41. The van der Waals surface area contributed by atoms with E-state index in [9.17, 15) is 4.79 Å². The van der Waals surface area contributed by atoms with Gasteiger partial charge >= 0.3 is 0 Å². The van der Waals surface area contributed by atoms with Crippen molar-refractivity contribution in [2.24, 2.45) is 5.92 Å². The van der Waals surface area contributed by atoms with Gasteiger partial charge in [0.15, 0.2) is 0 Å². The van der Waals surface area contributed by atoms with E-state index in [1.54, 1.807) is 11.3 Å². The highest BCUT2D eigenvalue weighted by Gasteiger charge is 2.17. The first kappa shape index (κ1) is 17.3. The average molecular weight is 339 g/mol. The summed E-state index contributed by atoms with van der Waals surface area (Å²) in [5, 5.41) is 6.81. The van der Waals surface area contributed by atoms with Crippen LogP contribution < -0.4 is 5.32 Å². The SMILES string of the molecule is CN(Cc1csc2ccccc12)C(=O)CCC1CCNC1.Cl. The third kappa shape index (κ3) is 4.00. The molecule has 1 saturated heterocycles. The minimum absolute atomic E-state index is 0. The monoisotopic (exact) mass is 338 g/mol. The van der Waals surface area contributed by atoms with Gasteiger partial charge in [0.2, 0.25) is 5.91 Å². The van der Waals surface area contributed by atoms with Gasteiger partial charge in [-0.3, -0.25) is 4.79 Å². The van der Waals surface area contributed by atoms with E-state index in [-0.39, 0.29) is 18.3 Å². The highest BCUT2D eigenvalue weighted by atomic mass is 35.5. The van der Waals surface area contributed by atoms with Gasteiger partial charge in [-0.1, -0.05) is 18.2 Å². The zero-order valence-corrected chi connectivity index (χ0v) is 14.5. The third-order valence-electron chi connectivity index (χ3n) is 4.32. The van der Waals surface area contributed by atoms with E-state index in [4.69, 9.17) is 0 Å². The average Bonchev–Trinajstić information content (AvgIpc) is 3.15. The normalized spacial score (nSPS) is 17.4.